The molecule has 1 aliphatic heterocycles. The van der Waals surface area contributed by atoms with Crippen LogP contribution < -0.4 is 10.1 Å². The van der Waals surface area contributed by atoms with Crippen LogP contribution in [0.4, 0.5) is 27.1 Å². The maximum absolute atomic E-state index is 13.5. The average molecular weight is 554 g/mol. The van der Waals surface area contributed by atoms with Gasteiger partial charge in [-0.1, -0.05) is 30.0 Å². The molecule has 0 unspecified atom stereocenters. The highest BCUT2D eigenvalue weighted by molar-refractivity contribution is 7.99. The lowest BCUT2D eigenvalue weighted by atomic mass is 10.1. The van der Waals surface area contributed by atoms with Crippen LogP contribution in [0.5, 0.6) is 0 Å². The molecule has 192 valence electrons. The number of thiazole rings is 1. The molecular formula is C29H20FN5O2S2. The van der Waals surface area contributed by atoms with Gasteiger partial charge in [0.15, 0.2) is 0 Å². The summed E-state index contributed by atoms with van der Waals surface area (Å²) in [6, 6.07) is 26.6. The quantitative estimate of drug-likeness (QED) is 0.133. The number of benzene rings is 4. The Balaban J connectivity index is 1.43. The molecule has 0 atom stereocenters. The predicted molar refractivity (Wildman–Crippen MR) is 154 cm³/mol. The Bertz CT molecular complexity index is 1810. The molecule has 7 nitrogen and oxygen atoms in total. The largest absolute Gasteiger partial charge is 0.354 e. The van der Waals surface area contributed by atoms with Crippen LogP contribution in [0.3, 0.4) is 0 Å². The summed E-state index contributed by atoms with van der Waals surface area (Å²) >= 11 is 3.10. The Labute approximate surface area is 231 Å². The van der Waals surface area contributed by atoms with Crippen LogP contribution in [-0.4, -0.2) is 15.3 Å². The second-order valence-electron chi connectivity index (χ2n) is 8.73. The molecule has 39 heavy (non-hydrogen) atoms. The number of nitro groups is 1. The second kappa shape index (κ2) is 10.3. The smallest absolute Gasteiger partial charge is 0.269 e. The van der Waals surface area contributed by atoms with Crippen molar-refractivity contribution in [2.45, 2.75) is 16.7 Å². The van der Waals surface area contributed by atoms with Gasteiger partial charge in [-0.2, -0.15) is 5.10 Å². The summed E-state index contributed by atoms with van der Waals surface area (Å²) in [5.74, 6) is -0.338. The highest BCUT2D eigenvalue weighted by Gasteiger charge is 2.17. The number of aromatic nitrogens is 1. The predicted octanol–water partition coefficient (Wildman–Crippen LogP) is 7.98. The molecule has 1 aromatic heterocycles. The van der Waals surface area contributed by atoms with Gasteiger partial charge in [0.05, 0.1) is 33.4 Å². The van der Waals surface area contributed by atoms with Crippen molar-refractivity contribution in [2.24, 2.45) is 10.1 Å². The molecule has 10 heteroatoms. The van der Waals surface area contributed by atoms with Gasteiger partial charge in [-0.25, -0.2) is 14.1 Å². The molecule has 1 N–H and O–H groups in total. The first kappa shape index (κ1) is 24.8. The topological polar surface area (TPSA) is 84.8 Å². The number of fused-ring (bicyclic) bond motifs is 2. The first-order valence-corrected chi connectivity index (χ1v) is 13.6. The van der Waals surface area contributed by atoms with E-state index in [9.17, 15) is 14.5 Å². The Hall–Kier alpha value is -4.54. The molecule has 0 amide bonds. The maximum Gasteiger partial charge on any atom is 0.269 e. The van der Waals surface area contributed by atoms with Gasteiger partial charge in [0.1, 0.15) is 5.82 Å². The lowest BCUT2D eigenvalue weighted by Gasteiger charge is -2.21. The molecule has 0 spiro atoms. The number of halogens is 1. The molecule has 0 saturated carbocycles. The minimum atomic E-state index is -0.427. The summed E-state index contributed by atoms with van der Waals surface area (Å²) in [6.45, 7) is 1.93. The lowest BCUT2D eigenvalue weighted by molar-refractivity contribution is -0.384. The van der Waals surface area contributed by atoms with E-state index in [2.05, 4.69) is 29.6 Å². The van der Waals surface area contributed by atoms with Crippen LogP contribution in [0.1, 0.15) is 12.5 Å². The molecule has 6 rings (SSSR count). The van der Waals surface area contributed by atoms with E-state index in [1.54, 1.807) is 40.7 Å². The fraction of sp³-hybridized carbons (Fsp3) is 0.0345. The van der Waals surface area contributed by atoms with Crippen LogP contribution in [0.25, 0.3) is 11.3 Å². The summed E-state index contributed by atoms with van der Waals surface area (Å²) in [5.41, 5.74) is 5.85. The van der Waals surface area contributed by atoms with Crippen LogP contribution >= 0.6 is 23.1 Å². The van der Waals surface area contributed by atoms with Gasteiger partial charge in [-0.15, -0.1) is 11.3 Å². The number of non-ortho nitro benzene ring substituents is 1. The standard InChI is InChI=1S/C29H20FN5O2S2/c1-18(20-8-15-28-25(16-20)32-24-4-2-3-5-27(24)39-28)33-34-26(19-6-13-23(14-7-19)35(36)37)17-38-29(34)31-22-11-9-21(30)10-12-22/h2-17,32H,1H3. The van der Waals surface area contributed by atoms with Crippen molar-refractivity contribution in [3.05, 3.63) is 123 Å². The highest BCUT2D eigenvalue weighted by Crippen LogP contribution is 2.44. The van der Waals surface area contributed by atoms with Gasteiger partial charge in [0.2, 0.25) is 4.80 Å². The van der Waals surface area contributed by atoms with Crippen molar-refractivity contribution in [3.8, 4) is 11.3 Å². The van der Waals surface area contributed by atoms with Gasteiger partial charge < -0.3 is 5.32 Å². The summed E-state index contributed by atoms with van der Waals surface area (Å²) < 4.78 is 15.2. The lowest BCUT2D eigenvalue weighted by Crippen LogP contribution is -2.14. The number of hydrogen-bond donors (Lipinski definition) is 1. The van der Waals surface area contributed by atoms with E-state index >= 15 is 0 Å². The van der Waals surface area contributed by atoms with Gasteiger partial charge in [-0.05, 0) is 73.2 Å². The summed E-state index contributed by atoms with van der Waals surface area (Å²) in [7, 11) is 0. The van der Waals surface area contributed by atoms with E-state index < -0.39 is 4.92 Å². The number of para-hydroxylation sites is 1. The van der Waals surface area contributed by atoms with Crippen molar-refractivity contribution in [2.75, 3.05) is 5.32 Å². The normalized spacial score (nSPS) is 13.0. The summed E-state index contributed by atoms with van der Waals surface area (Å²) in [4.78, 5) is 18.3. The molecule has 0 fully saturated rings. The van der Waals surface area contributed by atoms with Gasteiger partial charge in [0, 0.05) is 32.9 Å². The highest BCUT2D eigenvalue weighted by atomic mass is 32.2. The molecule has 0 aliphatic carbocycles. The monoisotopic (exact) mass is 553 g/mol. The van der Waals surface area contributed by atoms with Crippen molar-refractivity contribution < 1.29 is 9.31 Å². The van der Waals surface area contributed by atoms with Crippen LogP contribution in [0.2, 0.25) is 0 Å². The molecule has 5 aromatic rings. The number of nitrogens with one attached hydrogen (secondary N) is 1. The van der Waals surface area contributed by atoms with Gasteiger partial charge in [0.25, 0.3) is 5.69 Å². The average Bonchev–Trinajstić information content (AvgIpc) is 3.34. The van der Waals surface area contributed by atoms with E-state index in [0.29, 0.717) is 10.5 Å². The van der Waals surface area contributed by atoms with Crippen molar-refractivity contribution in [1.82, 2.24) is 4.68 Å². The zero-order valence-electron chi connectivity index (χ0n) is 20.5. The van der Waals surface area contributed by atoms with E-state index in [1.807, 2.05) is 30.5 Å². The van der Waals surface area contributed by atoms with Crippen molar-refractivity contribution in [1.29, 1.82) is 0 Å². The Morgan fingerprint density at radius 1 is 0.949 bits per heavy atom. The van der Waals surface area contributed by atoms with Crippen LogP contribution in [0, 0.1) is 15.9 Å². The van der Waals surface area contributed by atoms with E-state index in [4.69, 9.17) is 10.1 Å². The van der Waals surface area contributed by atoms with E-state index in [-0.39, 0.29) is 11.5 Å². The molecule has 0 saturated heterocycles. The Kier molecular flexibility index (Phi) is 6.55. The fourth-order valence-electron chi connectivity index (χ4n) is 4.12. The number of nitro benzene ring substituents is 1. The van der Waals surface area contributed by atoms with Crippen molar-refractivity contribution >= 4 is 51.6 Å². The number of rotatable bonds is 5. The number of hydrogen-bond acceptors (Lipinski definition) is 7. The molecule has 4 aromatic carbocycles. The summed E-state index contributed by atoms with van der Waals surface area (Å²) in [5, 5.41) is 21.5. The first-order chi connectivity index (χ1) is 18.9. The molecule has 0 radical (unpaired) electrons. The Morgan fingerprint density at radius 2 is 1.69 bits per heavy atom. The minimum absolute atomic E-state index is 0.0115. The summed E-state index contributed by atoms with van der Waals surface area (Å²) in [6.07, 6.45) is 0. The zero-order chi connectivity index (χ0) is 26.9. The second-order valence-corrected chi connectivity index (χ2v) is 10.6. The third kappa shape index (κ3) is 5.12. The molecular weight excluding hydrogens is 533 g/mol. The molecule has 2 heterocycles. The van der Waals surface area contributed by atoms with E-state index in [0.717, 1.165) is 38.8 Å². The minimum Gasteiger partial charge on any atom is -0.354 e. The number of nitrogens with zero attached hydrogens (tertiary/aromatic N) is 4. The molecule has 0 bridgehead atoms. The fourth-order valence-corrected chi connectivity index (χ4v) is 5.94. The van der Waals surface area contributed by atoms with Gasteiger partial charge in [-0.3, -0.25) is 10.1 Å². The third-order valence-corrected chi connectivity index (χ3v) is 8.10. The van der Waals surface area contributed by atoms with Crippen LogP contribution in [-0.2, 0) is 0 Å². The third-order valence-electron chi connectivity index (χ3n) is 6.13. The van der Waals surface area contributed by atoms with Crippen molar-refractivity contribution in [3.63, 3.8) is 0 Å². The SMILES string of the molecule is CC(=Nn1c(-c2ccc([N+](=O)[O-])cc2)csc1=Nc1ccc(F)cc1)c1ccc2c(c1)Nc1ccccc1S2. The van der Waals surface area contributed by atoms with Gasteiger partial charge >= 0.3 is 0 Å². The zero-order valence-corrected chi connectivity index (χ0v) is 22.2. The first-order valence-electron chi connectivity index (χ1n) is 11.9. The van der Waals surface area contributed by atoms with E-state index in [1.165, 1.54) is 40.5 Å². The molecule has 1 aliphatic rings. The number of anilines is 2. The Morgan fingerprint density at radius 3 is 2.46 bits per heavy atom. The van der Waals surface area contributed by atoms with Crippen LogP contribution in [0.15, 0.2) is 116 Å². The maximum atomic E-state index is 13.5.